The number of rotatable bonds is 7. The maximum Gasteiger partial charge on any atom is 0.264 e. The van der Waals surface area contributed by atoms with Crippen LogP contribution in [0.1, 0.15) is 11.1 Å². The van der Waals surface area contributed by atoms with Crippen LogP contribution < -0.4 is 19.5 Å². The third kappa shape index (κ3) is 4.61. The van der Waals surface area contributed by atoms with E-state index < -0.39 is 0 Å². The highest BCUT2D eigenvalue weighted by molar-refractivity contribution is 7.14. The van der Waals surface area contributed by atoms with Crippen LogP contribution in [0.2, 0.25) is 0 Å². The fraction of sp³-hybridized carbons (Fsp3) is 0.238. The van der Waals surface area contributed by atoms with Crippen LogP contribution in [0, 0.1) is 13.8 Å². The largest absolute Gasteiger partial charge is 0.497 e. The first-order valence-corrected chi connectivity index (χ1v) is 9.56. The summed E-state index contributed by atoms with van der Waals surface area (Å²) in [6, 6.07) is 11.4. The fourth-order valence-corrected chi connectivity index (χ4v) is 3.36. The maximum atomic E-state index is 12.2. The molecule has 1 heterocycles. The van der Waals surface area contributed by atoms with Gasteiger partial charge in [-0.1, -0.05) is 12.1 Å². The van der Waals surface area contributed by atoms with Crippen LogP contribution in [0.5, 0.6) is 17.2 Å². The zero-order valence-electron chi connectivity index (χ0n) is 16.2. The lowest BCUT2D eigenvalue weighted by molar-refractivity contribution is -0.118. The Hall–Kier alpha value is -3.06. The molecule has 3 aromatic rings. The molecule has 0 aliphatic heterocycles. The summed E-state index contributed by atoms with van der Waals surface area (Å²) < 4.78 is 16.3. The third-order valence-corrected chi connectivity index (χ3v) is 4.89. The predicted octanol–water partition coefficient (Wildman–Crippen LogP) is 4.46. The number of hydrogen-bond donors (Lipinski definition) is 1. The number of amides is 1. The van der Waals surface area contributed by atoms with Crippen molar-refractivity contribution in [1.82, 2.24) is 4.98 Å². The van der Waals surface area contributed by atoms with Gasteiger partial charge in [-0.15, -0.1) is 11.3 Å². The van der Waals surface area contributed by atoms with E-state index in [0.29, 0.717) is 28.1 Å². The number of carbonyl (C=O) groups is 1. The van der Waals surface area contributed by atoms with Gasteiger partial charge in [0.1, 0.15) is 17.2 Å². The van der Waals surface area contributed by atoms with E-state index in [2.05, 4.69) is 10.3 Å². The van der Waals surface area contributed by atoms with E-state index in [4.69, 9.17) is 14.2 Å². The minimum atomic E-state index is -0.264. The molecule has 0 fully saturated rings. The number of methoxy groups -OCH3 is 2. The number of benzene rings is 2. The molecule has 0 spiro atoms. The molecule has 0 aliphatic carbocycles. The van der Waals surface area contributed by atoms with E-state index in [9.17, 15) is 4.79 Å². The Bertz CT molecular complexity index is 984. The molecule has 0 bridgehead atoms. The van der Waals surface area contributed by atoms with Gasteiger partial charge in [0.05, 0.1) is 19.9 Å². The smallest absolute Gasteiger partial charge is 0.264 e. The topological polar surface area (TPSA) is 69.7 Å². The Morgan fingerprint density at radius 3 is 2.64 bits per heavy atom. The van der Waals surface area contributed by atoms with Crippen molar-refractivity contribution < 1.29 is 19.0 Å². The van der Waals surface area contributed by atoms with Crippen molar-refractivity contribution in [1.29, 1.82) is 0 Å². The van der Waals surface area contributed by atoms with E-state index in [1.165, 1.54) is 11.3 Å². The lowest BCUT2D eigenvalue weighted by atomic mass is 10.1. The fourth-order valence-electron chi connectivity index (χ4n) is 2.63. The van der Waals surface area contributed by atoms with Gasteiger partial charge in [0.2, 0.25) is 0 Å². The summed E-state index contributed by atoms with van der Waals surface area (Å²) in [6.45, 7) is 3.85. The number of nitrogens with one attached hydrogen (secondary N) is 1. The number of anilines is 1. The molecule has 1 aromatic heterocycles. The highest BCUT2D eigenvalue weighted by atomic mass is 32.1. The summed E-state index contributed by atoms with van der Waals surface area (Å²) in [6.07, 6.45) is 0. The average molecular weight is 398 g/mol. The summed E-state index contributed by atoms with van der Waals surface area (Å²) in [4.78, 5) is 16.7. The monoisotopic (exact) mass is 398 g/mol. The van der Waals surface area contributed by atoms with Crippen LogP contribution in [0.25, 0.3) is 11.3 Å². The van der Waals surface area contributed by atoms with Crippen LogP contribution >= 0.6 is 11.3 Å². The highest BCUT2D eigenvalue weighted by Crippen LogP contribution is 2.35. The second kappa shape index (κ2) is 8.75. The normalized spacial score (nSPS) is 10.4. The molecule has 0 saturated heterocycles. The summed E-state index contributed by atoms with van der Waals surface area (Å²) in [5.74, 6) is 1.83. The van der Waals surface area contributed by atoms with E-state index in [1.54, 1.807) is 14.2 Å². The van der Waals surface area contributed by atoms with Crippen LogP contribution in [0.15, 0.2) is 41.8 Å². The lowest BCUT2D eigenvalue weighted by Crippen LogP contribution is -2.20. The molecule has 0 radical (unpaired) electrons. The second-order valence-corrected chi connectivity index (χ2v) is 7.07. The molecule has 6 nitrogen and oxygen atoms in total. The van der Waals surface area contributed by atoms with E-state index in [1.807, 2.05) is 55.6 Å². The minimum absolute atomic E-state index is 0.0817. The van der Waals surface area contributed by atoms with Gasteiger partial charge in [-0.2, -0.15) is 0 Å². The first-order valence-electron chi connectivity index (χ1n) is 8.68. The summed E-state index contributed by atoms with van der Waals surface area (Å²) in [5, 5.41) is 5.13. The molecule has 7 heteroatoms. The number of aromatic nitrogens is 1. The van der Waals surface area contributed by atoms with Crippen LogP contribution in [-0.4, -0.2) is 31.7 Å². The Kier molecular flexibility index (Phi) is 6.16. The Labute approximate surface area is 168 Å². The first kappa shape index (κ1) is 19.7. The van der Waals surface area contributed by atoms with Crippen LogP contribution in [-0.2, 0) is 4.79 Å². The first-order chi connectivity index (χ1) is 13.5. The molecule has 2 aromatic carbocycles. The summed E-state index contributed by atoms with van der Waals surface area (Å²) in [5.41, 5.74) is 3.56. The summed E-state index contributed by atoms with van der Waals surface area (Å²) in [7, 11) is 3.21. The molecule has 1 amide bonds. The highest BCUT2D eigenvalue weighted by Gasteiger charge is 2.13. The molecule has 0 unspecified atom stereocenters. The number of thiazole rings is 1. The van der Waals surface area contributed by atoms with Crippen molar-refractivity contribution in [2.45, 2.75) is 13.8 Å². The van der Waals surface area contributed by atoms with Crippen molar-refractivity contribution in [2.75, 3.05) is 26.1 Å². The molecular weight excluding hydrogens is 376 g/mol. The van der Waals surface area contributed by atoms with Crippen molar-refractivity contribution >= 4 is 22.4 Å². The molecule has 0 aliphatic rings. The van der Waals surface area contributed by atoms with Gasteiger partial charge in [-0.25, -0.2) is 4.98 Å². The average Bonchev–Trinajstić information content (AvgIpc) is 3.16. The quantitative estimate of drug-likeness (QED) is 0.636. The van der Waals surface area contributed by atoms with Gasteiger partial charge in [-0.3, -0.25) is 10.1 Å². The Balaban J connectivity index is 1.67. The number of aryl methyl sites for hydroxylation is 2. The molecule has 28 heavy (non-hydrogen) atoms. The Morgan fingerprint density at radius 2 is 1.89 bits per heavy atom. The molecule has 0 saturated carbocycles. The third-order valence-electron chi connectivity index (χ3n) is 4.14. The van der Waals surface area contributed by atoms with Gasteiger partial charge < -0.3 is 14.2 Å². The van der Waals surface area contributed by atoms with E-state index in [0.717, 1.165) is 16.7 Å². The number of ether oxygens (including phenoxy) is 3. The van der Waals surface area contributed by atoms with Crippen LogP contribution in [0.3, 0.4) is 0 Å². The molecule has 3 rings (SSSR count). The number of hydrogen-bond acceptors (Lipinski definition) is 6. The maximum absolute atomic E-state index is 12.2. The molecule has 0 atom stereocenters. The van der Waals surface area contributed by atoms with E-state index in [-0.39, 0.29) is 12.5 Å². The van der Waals surface area contributed by atoms with E-state index >= 15 is 0 Å². The van der Waals surface area contributed by atoms with Gasteiger partial charge in [0, 0.05) is 10.9 Å². The standard InChI is InChI=1S/C21H22N2O4S/c1-13-5-6-14(2)19(9-13)27-11-20(24)23-21-22-17(12-28-21)16-10-15(25-3)7-8-18(16)26-4/h5-10,12H,11H2,1-4H3,(H,22,23,24). The van der Waals surface area contributed by atoms with Crippen molar-refractivity contribution in [3.63, 3.8) is 0 Å². The second-order valence-electron chi connectivity index (χ2n) is 6.21. The summed E-state index contributed by atoms with van der Waals surface area (Å²) >= 11 is 1.34. The lowest BCUT2D eigenvalue weighted by Gasteiger charge is -2.09. The van der Waals surface area contributed by atoms with Gasteiger partial charge in [0.25, 0.3) is 5.91 Å². The minimum Gasteiger partial charge on any atom is -0.497 e. The van der Waals surface area contributed by atoms with Gasteiger partial charge in [0.15, 0.2) is 11.7 Å². The van der Waals surface area contributed by atoms with Crippen molar-refractivity contribution in [3.8, 4) is 28.5 Å². The van der Waals surface area contributed by atoms with Gasteiger partial charge >= 0.3 is 0 Å². The van der Waals surface area contributed by atoms with Crippen LogP contribution in [0.4, 0.5) is 5.13 Å². The Morgan fingerprint density at radius 1 is 1.07 bits per heavy atom. The molecule has 1 N–H and O–H groups in total. The zero-order chi connectivity index (χ0) is 20.1. The van der Waals surface area contributed by atoms with Crippen molar-refractivity contribution in [2.24, 2.45) is 0 Å². The predicted molar refractivity (Wildman–Crippen MR) is 111 cm³/mol. The van der Waals surface area contributed by atoms with Gasteiger partial charge in [-0.05, 0) is 49.2 Å². The number of carbonyl (C=O) groups excluding carboxylic acids is 1. The molecular formula is C21H22N2O4S. The SMILES string of the molecule is COc1ccc(OC)c(-c2csc(NC(=O)COc3cc(C)ccc3C)n2)c1. The molecule has 146 valence electrons. The van der Waals surface area contributed by atoms with Crippen molar-refractivity contribution in [3.05, 3.63) is 52.9 Å². The number of nitrogens with zero attached hydrogens (tertiary/aromatic N) is 1. The zero-order valence-corrected chi connectivity index (χ0v) is 17.1.